The molecule has 1 rings (SSSR count). The van der Waals surface area contributed by atoms with Gasteiger partial charge in [0.15, 0.2) is 0 Å². The quantitative estimate of drug-likeness (QED) is 0.786. The lowest BCUT2D eigenvalue weighted by atomic mass is 10.1. The van der Waals surface area contributed by atoms with E-state index in [1.165, 1.54) is 4.90 Å². The van der Waals surface area contributed by atoms with Gasteiger partial charge in [0.25, 0.3) is 0 Å². The van der Waals surface area contributed by atoms with Gasteiger partial charge in [-0.25, -0.2) is 4.79 Å². The Morgan fingerprint density at radius 3 is 2.63 bits per heavy atom. The Labute approximate surface area is 114 Å². The molecular formula is C13H24N2O4. The van der Waals surface area contributed by atoms with Crippen molar-refractivity contribution in [2.24, 2.45) is 0 Å². The van der Waals surface area contributed by atoms with Crippen LogP contribution in [0.25, 0.3) is 0 Å². The number of aliphatic hydroxyl groups is 1. The fourth-order valence-electron chi connectivity index (χ4n) is 2.48. The summed E-state index contributed by atoms with van der Waals surface area (Å²) in [4.78, 5) is 26.3. The van der Waals surface area contributed by atoms with Crippen LogP contribution in [0.15, 0.2) is 0 Å². The molecule has 1 aliphatic rings. The average molecular weight is 272 g/mol. The molecule has 1 saturated heterocycles. The molecule has 0 aromatic rings. The number of aliphatic hydroxyl groups excluding tert-OH is 1. The Balaban J connectivity index is 2.76. The average Bonchev–Trinajstić information content (AvgIpc) is 2.61. The van der Waals surface area contributed by atoms with Crippen LogP contribution in [0.1, 0.15) is 39.0 Å². The molecule has 19 heavy (non-hydrogen) atoms. The maximum atomic E-state index is 12.4. The third kappa shape index (κ3) is 4.70. The summed E-state index contributed by atoms with van der Waals surface area (Å²) in [6.07, 6.45) is 4.47. The van der Waals surface area contributed by atoms with Crippen molar-refractivity contribution in [3.8, 4) is 0 Å². The summed E-state index contributed by atoms with van der Waals surface area (Å²) in [6, 6.07) is -0.437. The monoisotopic (exact) mass is 272 g/mol. The van der Waals surface area contributed by atoms with Crippen molar-refractivity contribution in [1.29, 1.82) is 0 Å². The van der Waals surface area contributed by atoms with E-state index in [0.717, 1.165) is 32.1 Å². The lowest BCUT2D eigenvalue weighted by Crippen LogP contribution is -2.50. The number of aliphatic carboxylic acids is 1. The van der Waals surface area contributed by atoms with Crippen LogP contribution in [0.5, 0.6) is 0 Å². The van der Waals surface area contributed by atoms with Gasteiger partial charge in [-0.05, 0) is 19.3 Å². The van der Waals surface area contributed by atoms with Gasteiger partial charge in [0.1, 0.15) is 6.54 Å². The van der Waals surface area contributed by atoms with Gasteiger partial charge in [-0.1, -0.05) is 19.8 Å². The van der Waals surface area contributed by atoms with Crippen LogP contribution < -0.4 is 0 Å². The van der Waals surface area contributed by atoms with Crippen molar-refractivity contribution in [3.63, 3.8) is 0 Å². The number of nitrogens with zero attached hydrogens (tertiary/aromatic N) is 2. The minimum atomic E-state index is -1.00. The van der Waals surface area contributed by atoms with E-state index in [0.29, 0.717) is 13.1 Å². The molecule has 6 heteroatoms. The molecule has 2 amide bonds. The van der Waals surface area contributed by atoms with Crippen molar-refractivity contribution in [3.05, 3.63) is 0 Å². The second-order valence-corrected chi connectivity index (χ2v) is 4.98. The number of carboxylic acid groups (broad SMARTS) is 1. The van der Waals surface area contributed by atoms with Gasteiger partial charge in [-0.2, -0.15) is 0 Å². The van der Waals surface area contributed by atoms with Crippen LogP contribution >= 0.6 is 0 Å². The number of carbonyl (C=O) groups excluding carboxylic acids is 1. The zero-order valence-electron chi connectivity index (χ0n) is 11.5. The van der Waals surface area contributed by atoms with Crippen LogP contribution in [0.3, 0.4) is 0 Å². The summed E-state index contributed by atoms with van der Waals surface area (Å²) in [7, 11) is 0. The van der Waals surface area contributed by atoms with Gasteiger partial charge in [-0.3, -0.25) is 4.79 Å². The van der Waals surface area contributed by atoms with Gasteiger partial charge in [0.2, 0.25) is 0 Å². The molecule has 0 aromatic heterocycles. The Hall–Kier alpha value is -1.30. The Bertz CT molecular complexity index is 309. The van der Waals surface area contributed by atoms with Gasteiger partial charge < -0.3 is 20.0 Å². The highest BCUT2D eigenvalue weighted by molar-refractivity contribution is 5.80. The largest absolute Gasteiger partial charge is 0.480 e. The normalized spacial score (nSPS) is 19.9. The highest BCUT2D eigenvalue weighted by Gasteiger charge is 2.29. The molecule has 0 aliphatic carbocycles. The predicted octanol–water partition coefficient (Wildman–Crippen LogP) is 1.14. The minimum absolute atomic E-state index is 0.0568. The molecule has 1 heterocycles. The van der Waals surface area contributed by atoms with Gasteiger partial charge in [0, 0.05) is 13.1 Å². The number of carbonyl (C=O) groups is 2. The molecule has 1 fully saturated rings. The summed E-state index contributed by atoms with van der Waals surface area (Å²) < 4.78 is 0. The van der Waals surface area contributed by atoms with E-state index >= 15 is 0 Å². The summed E-state index contributed by atoms with van der Waals surface area (Å²) in [5, 5.41) is 18.3. The molecule has 0 aromatic carbocycles. The molecule has 6 nitrogen and oxygen atoms in total. The molecule has 1 aliphatic heterocycles. The Kier molecular flexibility index (Phi) is 6.62. The third-order valence-corrected chi connectivity index (χ3v) is 3.42. The smallest absolute Gasteiger partial charge is 0.323 e. The Morgan fingerprint density at radius 1 is 1.32 bits per heavy atom. The summed E-state index contributed by atoms with van der Waals surface area (Å²) in [5.41, 5.74) is 0. The first-order valence-electron chi connectivity index (χ1n) is 6.98. The number of hydrogen-bond acceptors (Lipinski definition) is 3. The zero-order valence-corrected chi connectivity index (χ0v) is 11.5. The molecule has 0 saturated carbocycles. The molecule has 110 valence electrons. The second-order valence-electron chi connectivity index (χ2n) is 4.98. The van der Waals surface area contributed by atoms with Crippen molar-refractivity contribution < 1.29 is 19.8 Å². The number of carboxylic acids is 1. The summed E-state index contributed by atoms with van der Waals surface area (Å²) >= 11 is 0. The molecule has 1 atom stereocenters. The third-order valence-electron chi connectivity index (χ3n) is 3.42. The van der Waals surface area contributed by atoms with E-state index in [4.69, 9.17) is 5.11 Å². The molecule has 1 unspecified atom stereocenters. The topological polar surface area (TPSA) is 81.1 Å². The maximum absolute atomic E-state index is 12.4. The van der Waals surface area contributed by atoms with Crippen LogP contribution in [0, 0.1) is 0 Å². The highest BCUT2D eigenvalue weighted by Crippen LogP contribution is 2.18. The zero-order chi connectivity index (χ0) is 14.3. The predicted molar refractivity (Wildman–Crippen MR) is 70.9 cm³/mol. The first-order valence-corrected chi connectivity index (χ1v) is 6.98. The number of urea groups is 1. The van der Waals surface area contributed by atoms with Crippen LogP contribution in [-0.4, -0.2) is 64.3 Å². The summed E-state index contributed by atoms with van der Waals surface area (Å²) in [6.45, 7) is 2.61. The molecule has 0 spiro atoms. The first-order chi connectivity index (χ1) is 9.10. The van der Waals surface area contributed by atoms with E-state index < -0.39 is 5.97 Å². The molecular weight excluding hydrogens is 248 g/mol. The molecule has 0 bridgehead atoms. The minimum Gasteiger partial charge on any atom is -0.480 e. The SMILES string of the molecule is CCCN(CC(=O)O)C(=O)N1CCCCCC1CO. The highest BCUT2D eigenvalue weighted by atomic mass is 16.4. The maximum Gasteiger partial charge on any atom is 0.323 e. The number of likely N-dealkylation sites (tertiary alicyclic amines) is 1. The fourth-order valence-corrected chi connectivity index (χ4v) is 2.48. The van der Waals surface area contributed by atoms with Gasteiger partial charge in [0.05, 0.1) is 12.6 Å². The Morgan fingerprint density at radius 2 is 2.05 bits per heavy atom. The summed E-state index contributed by atoms with van der Waals surface area (Å²) in [5.74, 6) is -1.00. The number of rotatable bonds is 5. The standard InChI is InChI=1S/C13H24N2O4/c1-2-7-14(9-12(17)18)13(19)15-8-5-3-4-6-11(15)10-16/h11,16H,2-10H2,1H3,(H,17,18). The van der Waals surface area contributed by atoms with Gasteiger partial charge in [-0.15, -0.1) is 0 Å². The number of amides is 2. The van der Waals surface area contributed by atoms with Crippen molar-refractivity contribution in [2.75, 3.05) is 26.2 Å². The van der Waals surface area contributed by atoms with Crippen molar-refractivity contribution in [2.45, 2.75) is 45.1 Å². The fraction of sp³-hybridized carbons (Fsp3) is 0.846. The van der Waals surface area contributed by atoms with Gasteiger partial charge >= 0.3 is 12.0 Å². The van der Waals surface area contributed by atoms with Crippen LogP contribution in [-0.2, 0) is 4.79 Å². The lowest BCUT2D eigenvalue weighted by molar-refractivity contribution is -0.137. The van der Waals surface area contributed by atoms with Crippen molar-refractivity contribution >= 4 is 12.0 Å². The van der Waals surface area contributed by atoms with E-state index in [1.807, 2.05) is 6.92 Å². The van der Waals surface area contributed by atoms with E-state index in [9.17, 15) is 14.7 Å². The van der Waals surface area contributed by atoms with Crippen LogP contribution in [0.2, 0.25) is 0 Å². The molecule has 2 N–H and O–H groups in total. The first kappa shape index (κ1) is 15.8. The van der Waals surface area contributed by atoms with Crippen LogP contribution in [0.4, 0.5) is 4.79 Å². The molecule has 0 radical (unpaired) electrons. The van der Waals surface area contributed by atoms with Crippen molar-refractivity contribution in [1.82, 2.24) is 9.80 Å². The second kappa shape index (κ2) is 7.99. The lowest BCUT2D eigenvalue weighted by Gasteiger charge is -2.33. The van der Waals surface area contributed by atoms with E-state index in [-0.39, 0.29) is 25.2 Å². The van der Waals surface area contributed by atoms with E-state index in [2.05, 4.69) is 0 Å². The van der Waals surface area contributed by atoms with E-state index in [1.54, 1.807) is 4.90 Å². The number of hydrogen-bond donors (Lipinski definition) is 2.